The van der Waals surface area contributed by atoms with Crippen LogP contribution in [-0.4, -0.2) is 53.8 Å². The number of carbonyl (C=O) groups excluding carboxylic acids is 3. The third-order valence-electron chi connectivity index (χ3n) is 7.69. The zero-order chi connectivity index (χ0) is 28.4. The smallest absolute Gasteiger partial charge is 0.256 e. The first kappa shape index (κ1) is 27.3. The van der Waals surface area contributed by atoms with Crippen molar-refractivity contribution >= 4 is 35.1 Å². The summed E-state index contributed by atoms with van der Waals surface area (Å²) in [4.78, 5) is 44.4. The molecule has 1 atom stereocenters. The Morgan fingerprint density at radius 1 is 1.07 bits per heavy atom. The second-order valence-electron chi connectivity index (χ2n) is 10.5. The summed E-state index contributed by atoms with van der Waals surface area (Å²) in [5.41, 5.74) is 5.64. The van der Waals surface area contributed by atoms with Gasteiger partial charge in [0.2, 0.25) is 0 Å². The molecule has 1 fully saturated rings. The zero-order valence-electron chi connectivity index (χ0n) is 23.0. The highest BCUT2D eigenvalue weighted by Gasteiger charge is 2.27. The Balaban J connectivity index is 1.30. The minimum atomic E-state index is -0.336. The third kappa shape index (κ3) is 5.70. The number of likely N-dealkylation sites (tertiary alicyclic amines) is 1. The number of rotatable bonds is 8. The van der Waals surface area contributed by atoms with Gasteiger partial charge in [-0.2, -0.15) is 0 Å². The summed E-state index contributed by atoms with van der Waals surface area (Å²) in [7, 11) is 0. The SMILES string of the molecule is Cc1[nH]c(C=C2C(=O)Nc3cc(C(=O)NC(C)c4ccc(F)cc4)ccc32)c(C)c1C(=O)NCCN1CCCC1. The Hall–Kier alpha value is -4.24. The maximum Gasteiger partial charge on any atom is 0.256 e. The summed E-state index contributed by atoms with van der Waals surface area (Å²) in [6.07, 6.45) is 4.18. The maximum atomic E-state index is 13.2. The lowest BCUT2D eigenvalue weighted by molar-refractivity contribution is -0.110. The highest BCUT2D eigenvalue weighted by molar-refractivity contribution is 6.35. The quantitative estimate of drug-likeness (QED) is 0.312. The number of fused-ring (bicyclic) bond motifs is 1. The van der Waals surface area contributed by atoms with Gasteiger partial charge < -0.3 is 25.8 Å². The number of aromatic nitrogens is 1. The Morgan fingerprint density at radius 3 is 2.52 bits per heavy atom. The molecule has 1 aromatic heterocycles. The van der Waals surface area contributed by atoms with Gasteiger partial charge in [-0.1, -0.05) is 18.2 Å². The first-order valence-electron chi connectivity index (χ1n) is 13.6. The molecule has 2 aliphatic heterocycles. The molecule has 0 saturated carbocycles. The van der Waals surface area contributed by atoms with Gasteiger partial charge in [-0.05, 0) is 88.2 Å². The van der Waals surface area contributed by atoms with Crippen molar-refractivity contribution in [1.29, 1.82) is 0 Å². The highest BCUT2D eigenvalue weighted by atomic mass is 19.1. The van der Waals surface area contributed by atoms with Gasteiger partial charge in [-0.3, -0.25) is 14.4 Å². The molecule has 0 aliphatic carbocycles. The van der Waals surface area contributed by atoms with Crippen LogP contribution in [0, 0.1) is 19.7 Å². The molecule has 5 rings (SSSR count). The van der Waals surface area contributed by atoms with Gasteiger partial charge in [0.1, 0.15) is 5.82 Å². The van der Waals surface area contributed by atoms with Crippen molar-refractivity contribution in [2.75, 3.05) is 31.5 Å². The second kappa shape index (κ2) is 11.5. The largest absolute Gasteiger partial charge is 0.358 e. The number of hydrogen-bond donors (Lipinski definition) is 4. The van der Waals surface area contributed by atoms with E-state index in [1.807, 2.05) is 20.8 Å². The molecule has 0 spiro atoms. The molecule has 8 nitrogen and oxygen atoms in total. The number of anilines is 1. The van der Waals surface area contributed by atoms with E-state index in [0.717, 1.165) is 36.5 Å². The van der Waals surface area contributed by atoms with E-state index >= 15 is 0 Å². The van der Waals surface area contributed by atoms with E-state index in [1.165, 1.54) is 25.0 Å². The molecule has 2 aliphatic rings. The van der Waals surface area contributed by atoms with Crippen molar-refractivity contribution in [3.8, 4) is 0 Å². The summed E-state index contributed by atoms with van der Waals surface area (Å²) in [6, 6.07) is 10.7. The predicted octanol–water partition coefficient (Wildman–Crippen LogP) is 4.58. The van der Waals surface area contributed by atoms with Crippen LogP contribution in [0.2, 0.25) is 0 Å². The molecular formula is C31H34FN5O3. The van der Waals surface area contributed by atoms with Gasteiger partial charge >= 0.3 is 0 Å². The van der Waals surface area contributed by atoms with E-state index < -0.39 is 0 Å². The topological polar surface area (TPSA) is 106 Å². The maximum absolute atomic E-state index is 13.2. The van der Waals surface area contributed by atoms with E-state index in [0.29, 0.717) is 40.2 Å². The first-order valence-corrected chi connectivity index (χ1v) is 13.6. The van der Waals surface area contributed by atoms with Crippen LogP contribution < -0.4 is 16.0 Å². The lowest BCUT2D eigenvalue weighted by Gasteiger charge is -2.15. The van der Waals surface area contributed by atoms with Gasteiger partial charge in [0.15, 0.2) is 0 Å². The normalized spacial score (nSPS) is 16.6. The summed E-state index contributed by atoms with van der Waals surface area (Å²) in [6.45, 7) is 9.14. The summed E-state index contributed by atoms with van der Waals surface area (Å²) in [5, 5.41) is 8.78. The van der Waals surface area contributed by atoms with Crippen LogP contribution in [-0.2, 0) is 4.79 Å². The van der Waals surface area contributed by atoms with Crippen molar-refractivity contribution in [1.82, 2.24) is 20.5 Å². The number of H-pyrrole nitrogens is 1. The first-order chi connectivity index (χ1) is 19.2. The van der Waals surface area contributed by atoms with Gasteiger partial charge in [0.25, 0.3) is 17.7 Å². The number of aromatic amines is 1. The van der Waals surface area contributed by atoms with Crippen molar-refractivity contribution in [3.05, 3.63) is 87.5 Å². The zero-order valence-corrected chi connectivity index (χ0v) is 23.0. The van der Waals surface area contributed by atoms with Crippen LogP contribution >= 0.6 is 0 Å². The number of amides is 3. The lowest BCUT2D eigenvalue weighted by atomic mass is 10.0. The van der Waals surface area contributed by atoms with Crippen LogP contribution in [0.5, 0.6) is 0 Å². The summed E-state index contributed by atoms with van der Waals surface area (Å²) in [5.74, 6) is -1.05. The molecule has 2 aromatic carbocycles. The van der Waals surface area contributed by atoms with E-state index in [1.54, 1.807) is 36.4 Å². The van der Waals surface area contributed by atoms with Crippen LogP contribution in [0.15, 0.2) is 42.5 Å². The van der Waals surface area contributed by atoms with E-state index in [-0.39, 0.29) is 29.6 Å². The van der Waals surface area contributed by atoms with Crippen LogP contribution in [0.3, 0.4) is 0 Å². The van der Waals surface area contributed by atoms with Crippen LogP contribution in [0.1, 0.15) is 74.6 Å². The Bertz CT molecular complexity index is 1490. The van der Waals surface area contributed by atoms with Crippen molar-refractivity contribution < 1.29 is 18.8 Å². The summed E-state index contributed by atoms with van der Waals surface area (Å²) >= 11 is 0. The monoisotopic (exact) mass is 543 g/mol. The molecule has 4 N–H and O–H groups in total. The van der Waals surface area contributed by atoms with Gasteiger partial charge in [-0.25, -0.2) is 4.39 Å². The average molecular weight is 544 g/mol. The van der Waals surface area contributed by atoms with Crippen molar-refractivity contribution in [2.24, 2.45) is 0 Å². The fourth-order valence-electron chi connectivity index (χ4n) is 5.42. The molecular weight excluding hydrogens is 509 g/mol. The van der Waals surface area contributed by atoms with Crippen LogP contribution in [0.25, 0.3) is 11.6 Å². The minimum Gasteiger partial charge on any atom is -0.358 e. The number of halogens is 1. The molecule has 3 aromatic rings. The number of benzene rings is 2. The molecule has 3 heterocycles. The second-order valence-corrected chi connectivity index (χ2v) is 10.5. The van der Waals surface area contributed by atoms with Crippen molar-refractivity contribution in [2.45, 2.75) is 39.7 Å². The molecule has 1 unspecified atom stereocenters. The molecule has 40 heavy (non-hydrogen) atoms. The molecule has 208 valence electrons. The van der Waals surface area contributed by atoms with E-state index in [2.05, 4.69) is 25.8 Å². The molecule has 3 amide bonds. The molecule has 1 saturated heterocycles. The standard InChI is InChI=1S/C31H34FN5O3/c1-18-26(34-20(3)28(18)31(40)33-12-15-37-13-4-5-14-37)17-25-24-11-8-22(16-27(24)36-30(25)39)29(38)35-19(2)21-6-9-23(32)10-7-21/h6-11,16-17,19,34H,4-5,12-15H2,1-3H3,(H,33,40)(H,35,38)(H,36,39). The van der Waals surface area contributed by atoms with Gasteiger partial charge in [-0.15, -0.1) is 0 Å². The number of carbonyl (C=O) groups is 3. The number of hydrogen-bond acceptors (Lipinski definition) is 4. The lowest BCUT2D eigenvalue weighted by Crippen LogP contribution is -2.33. The number of aryl methyl sites for hydroxylation is 1. The molecule has 0 radical (unpaired) electrons. The fraction of sp³-hybridized carbons (Fsp3) is 0.323. The third-order valence-corrected chi connectivity index (χ3v) is 7.69. The number of nitrogens with zero attached hydrogens (tertiary/aromatic N) is 1. The average Bonchev–Trinajstić information content (AvgIpc) is 3.62. The van der Waals surface area contributed by atoms with Gasteiger partial charge in [0, 0.05) is 41.3 Å². The van der Waals surface area contributed by atoms with E-state index in [9.17, 15) is 18.8 Å². The van der Waals surface area contributed by atoms with Gasteiger partial charge in [0.05, 0.1) is 17.2 Å². The Kier molecular flexibility index (Phi) is 7.84. The van der Waals surface area contributed by atoms with Crippen molar-refractivity contribution in [3.63, 3.8) is 0 Å². The predicted molar refractivity (Wildman–Crippen MR) is 153 cm³/mol. The fourth-order valence-corrected chi connectivity index (χ4v) is 5.42. The summed E-state index contributed by atoms with van der Waals surface area (Å²) < 4.78 is 13.2. The number of nitrogens with one attached hydrogen (secondary N) is 4. The molecule has 9 heteroatoms. The highest BCUT2D eigenvalue weighted by Crippen LogP contribution is 2.35. The van der Waals surface area contributed by atoms with Crippen LogP contribution in [0.4, 0.5) is 10.1 Å². The molecule has 0 bridgehead atoms. The Labute approximate surface area is 233 Å². The Morgan fingerprint density at radius 2 is 1.80 bits per heavy atom. The minimum absolute atomic E-state index is 0.128. The van der Waals surface area contributed by atoms with E-state index in [4.69, 9.17) is 0 Å².